The van der Waals surface area contributed by atoms with Gasteiger partial charge in [0.1, 0.15) is 0 Å². The van der Waals surface area contributed by atoms with Crippen molar-refractivity contribution >= 4 is 34.0 Å². The average Bonchev–Trinajstić information content (AvgIpc) is 2.04. The Balaban J connectivity index is 2.87. The molecule has 0 bridgehead atoms. The van der Waals surface area contributed by atoms with Gasteiger partial charge in [-0.2, -0.15) is 0 Å². The van der Waals surface area contributed by atoms with Crippen LogP contribution in [0.25, 0.3) is 0 Å². The van der Waals surface area contributed by atoms with Gasteiger partial charge in [0, 0.05) is 4.92 Å². The molecule has 0 aromatic heterocycles. The first-order valence-corrected chi connectivity index (χ1v) is 7.80. The minimum absolute atomic E-state index is 0.361. The zero-order valence-corrected chi connectivity index (χ0v) is 9.13. The van der Waals surface area contributed by atoms with Crippen LogP contribution >= 0.6 is 22.2 Å². The number of nitrogens with zero attached hydrogens (tertiary/aromatic N) is 1. The maximum Gasteiger partial charge on any atom is 0.355 e. The lowest BCUT2D eigenvalue weighted by atomic mass is 10.4. The molecule has 0 heterocycles. The van der Waals surface area contributed by atoms with Gasteiger partial charge in [0.15, 0.2) is 0 Å². The summed E-state index contributed by atoms with van der Waals surface area (Å²) in [5, 5.41) is 10.9. The molecule has 0 spiro atoms. The summed E-state index contributed by atoms with van der Waals surface area (Å²) in [5.41, 5.74) is 0. The minimum Gasteiger partial charge on any atom is -0.265 e. The molecule has 1 aromatic rings. The first-order chi connectivity index (χ1) is 6.02. The molecule has 3 nitrogen and oxygen atoms in total. The van der Waals surface area contributed by atoms with Crippen LogP contribution in [0, 0.1) is 10.1 Å². The van der Waals surface area contributed by atoms with Crippen LogP contribution < -0.4 is 5.19 Å². The van der Waals surface area contributed by atoms with Crippen LogP contribution in [-0.4, -0.2) is 17.8 Å². The van der Waals surface area contributed by atoms with Crippen molar-refractivity contribution in [3.63, 3.8) is 0 Å². The van der Waals surface area contributed by atoms with Gasteiger partial charge in [0.2, 0.25) is 6.17 Å². The Morgan fingerprint density at radius 2 is 1.85 bits per heavy atom. The van der Waals surface area contributed by atoms with Crippen LogP contribution in [0.15, 0.2) is 30.3 Å². The van der Waals surface area contributed by atoms with Gasteiger partial charge in [-0.25, -0.2) is 0 Å². The number of nitro groups is 1. The highest BCUT2D eigenvalue weighted by molar-refractivity contribution is 7.50. The van der Waals surface area contributed by atoms with Gasteiger partial charge in [0.25, 0.3) is 0 Å². The number of hydrogen-bond acceptors (Lipinski definition) is 2. The zero-order chi connectivity index (χ0) is 9.90. The number of rotatable bonds is 3. The summed E-state index contributed by atoms with van der Waals surface area (Å²) >= 11 is 11.8. The molecule has 1 rings (SSSR count). The maximum absolute atomic E-state index is 10.3. The molecule has 0 saturated heterocycles. The van der Waals surface area contributed by atoms with Crippen molar-refractivity contribution in [1.82, 2.24) is 0 Å². The zero-order valence-electron chi connectivity index (χ0n) is 6.61. The summed E-state index contributed by atoms with van der Waals surface area (Å²) < 4.78 is 0. The molecule has 0 aliphatic carbocycles. The summed E-state index contributed by atoms with van der Waals surface area (Å²) in [6.07, 6.45) is -0.361. The normalized spacial score (nSPS) is 11.2. The van der Waals surface area contributed by atoms with Crippen LogP contribution in [0.4, 0.5) is 0 Å². The van der Waals surface area contributed by atoms with Gasteiger partial charge in [-0.15, -0.1) is 22.2 Å². The van der Waals surface area contributed by atoms with Gasteiger partial charge >= 0.3 is 6.69 Å². The second kappa shape index (κ2) is 4.08. The lowest BCUT2D eigenvalue weighted by Gasteiger charge is -2.11. The van der Waals surface area contributed by atoms with Crippen molar-refractivity contribution in [3.8, 4) is 0 Å². The Labute approximate surface area is 85.8 Å². The van der Waals surface area contributed by atoms with Crippen molar-refractivity contribution in [2.24, 2.45) is 0 Å². The standard InChI is InChI=1S/C7H7Cl2NO2Si/c8-13(9,6-10(11)12)7-4-2-1-3-5-7/h1-5H,6H2. The van der Waals surface area contributed by atoms with Crippen molar-refractivity contribution in [3.05, 3.63) is 40.4 Å². The van der Waals surface area contributed by atoms with Crippen LogP contribution in [-0.2, 0) is 0 Å². The SMILES string of the molecule is O=[N+]([O-])C[Si](Cl)(Cl)c1ccccc1. The van der Waals surface area contributed by atoms with Crippen LogP contribution in [0.5, 0.6) is 0 Å². The molecule has 0 atom stereocenters. The smallest absolute Gasteiger partial charge is 0.265 e. The Kier molecular flexibility index (Phi) is 3.30. The predicted molar refractivity (Wildman–Crippen MR) is 55.4 cm³/mol. The number of halogens is 2. The highest BCUT2D eigenvalue weighted by atomic mass is 35.7. The first kappa shape index (κ1) is 10.5. The van der Waals surface area contributed by atoms with E-state index in [0.29, 0.717) is 5.19 Å². The molecule has 0 unspecified atom stereocenters. The molecule has 0 saturated carbocycles. The molecule has 0 aliphatic rings. The Bertz CT molecular complexity index is 305. The first-order valence-electron chi connectivity index (χ1n) is 3.57. The maximum atomic E-state index is 10.3. The second-order valence-electron chi connectivity index (χ2n) is 2.56. The fraction of sp³-hybridized carbons (Fsp3) is 0.143. The molecule has 70 valence electrons. The second-order valence-corrected chi connectivity index (χ2v) is 9.32. The summed E-state index contributed by atoms with van der Waals surface area (Å²) in [6.45, 7) is -2.90. The summed E-state index contributed by atoms with van der Waals surface area (Å²) in [6, 6.07) is 8.78. The van der Waals surface area contributed by atoms with Gasteiger partial charge in [-0.1, -0.05) is 30.3 Å². The summed E-state index contributed by atoms with van der Waals surface area (Å²) in [4.78, 5) is 9.79. The molecule has 1 aromatic carbocycles. The molecule has 0 N–H and O–H groups in total. The van der Waals surface area contributed by atoms with Crippen LogP contribution in [0.1, 0.15) is 0 Å². The molecule has 13 heavy (non-hydrogen) atoms. The predicted octanol–water partition coefficient (Wildman–Crippen LogP) is 1.63. The highest BCUT2D eigenvalue weighted by Gasteiger charge is 2.37. The fourth-order valence-corrected chi connectivity index (χ4v) is 3.46. The third kappa shape index (κ3) is 2.98. The minimum atomic E-state index is -2.90. The molecular weight excluding hydrogens is 229 g/mol. The van der Waals surface area contributed by atoms with Crippen molar-refractivity contribution in [1.29, 1.82) is 0 Å². The van der Waals surface area contributed by atoms with E-state index < -0.39 is 11.6 Å². The molecule has 0 fully saturated rings. The average molecular weight is 236 g/mol. The van der Waals surface area contributed by atoms with E-state index >= 15 is 0 Å². The Hall–Kier alpha value is -0.583. The Morgan fingerprint density at radius 3 is 2.31 bits per heavy atom. The van der Waals surface area contributed by atoms with E-state index in [1.165, 1.54) is 0 Å². The van der Waals surface area contributed by atoms with Gasteiger partial charge in [-0.3, -0.25) is 10.1 Å². The van der Waals surface area contributed by atoms with E-state index in [2.05, 4.69) is 0 Å². The highest BCUT2D eigenvalue weighted by Crippen LogP contribution is 2.14. The van der Waals surface area contributed by atoms with E-state index in [9.17, 15) is 10.1 Å². The molecule has 0 amide bonds. The fourth-order valence-electron chi connectivity index (χ4n) is 0.935. The molecular formula is C7H7Cl2NO2Si. The van der Waals surface area contributed by atoms with Crippen molar-refractivity contribution < 1.29 is 4.92 Å². The van der Waals surface area contributed by atoms with E-state index in [1.54, 1.807) is 24.3 Å². The lowest BCUT2D eigenvalue weighted by Crippen LogP contribution is -2.43. The quantitative estimate of drug-likeness (QED) is 0.346. The van der Waals surface area contributed by atoms with Gasteiger partial charge < -0.3 is 0 Å². The largest absolute Gasteiger partial charge is 0.355 e. The molecule has 0 aliphatic heterocycles. The molecule has 6 heteroatoms. The molecule has 0 radical (unpaired) electrons. The summed E-state index contributed by atoms with van der Waals surface area (Å²) in [5.74, 6) is 0. The van der Waals surface area contributed by atoms with E-state index in [4.69, 9.17) is 22.2 Å². The van der Waals surface area contributed by atoms with E-state index in [0.717, 1.165) is 0 Å². The van der Waals surface area contributed by atoms with Gasteiger partial charge in [0.05, 0.1) is 0 Å². The van der Waals surface area contributed by atoms with E-state index in [1.807, 2.05) is 6.07 Å². The van der Waals surface area contributed by atoms with Crippen molar-refractivity contribution in [2.45, 2.75) is 0 Å². The lowest BCUT2D eigenvalue weighted by molar-refractivity contribution is -0.460. The number of hydrogen-bond donors (Lipinski definition) is 0. The third-order valence-electron chi connectivity index (χ3n) is 1.52. The third-order valence-corrected chi connectivity index (χ3v) is 5.38. The number of benzene rings is 1. The van der Waals surface area contributed by atoms with Crippen LogP contribution in [0.2, 0.25) is 0 Å². The Morgan fingerprint density at radius 1 is 1.31 bits per heavy atom. The summed E-state index contributed by atoms with van der Waals surface area (Å²) in [7, 11) is 0. The monoisotopic (exact) mass is 235 g/mol. The van der Waals surface area contributed by atoms with Crippen molar-refractivity contribution in [2.75, 3.05) is 6.17 Å². The van der Waals surface area contributed by atoms with Gasteiger partial charge in [-0.05, 0) is 5.19 Å². The van der Waals surface area contributed by atoms with E-state index in [-0.39, 0.29) is 6.17 Å². The topological polar surface area (TPSA) is 43.1 Å². The van der Waals surface area contributed by atoms with Crippen LogP contribution in [0.3, 0.4) is 0 Å².